The third-order valence-corrected chi connectivity index (χ3v) is 3.96. The zero-order valence-electron chi connectivity index (χ0n) is 12.4. The van der Waals surface area contributed by atoms with Crippen molar-refractivity contribution < 1.29 is 4.74 Å². The van der Waals surface area contributed by atoms with Gasteiger partial charge in [-0.3, -0.25) is 9.55 Å². The van der Waals surface area contributed by atoms with Crippen LogP contribution in [-0.4, -0.2) is 39.2 Å². The minimum absolute atomic E-state index is 0.521. The minimum Gasteiger partial charge on any atom is -0.492 e. The summed E-state index contributed by atoms with van der Waals surface area (Å²) in [5.74, 6) is 2.33. The number of aromatic nitrogens is 4. The number of hydrogen-bond acceptors (Lipinski definition) is 5. The molecule has 22 heavy (non-hydrogen) atoms. The highest BCUT2D eigenvalue weighted by atomic mass is 16.5. The molecule has 0 aromatic carbocycles. The van der Waals surface area contributed by atoms with Gasteiger partial charge >= 0.3 is 0 Å². The highest BCUT2D eigenvalue weighted by Crippen LogP contribution is 2.26. The summed E-state index contributed by atoms with van der Waals surface area (Å²) in [6.45, 7) is 2.62. The highest BCUT2D eigenvalue weighted by Gasteiger charge is 2.30. The van der Waals surface area contributed by atoms with Gasteiger partial charge in [0.25, 0.3) is 0 Å². The summed E-state index contributed by atoms with van der Waals surface area (Å²) in [5.41, 5.74) is 1.86. The summed E-state index contributed by atoms with van der Waals surface area (Å²) in [7, 11) is 2.01. The molecular weight excluding hydrogens is 278 g/mol. The Labute approximate surface area is 128 Å². The van der Waals surface area contributed by atoms with E-state index in [4.69, 9.17) is 4.74 Å². The number of fused-ring (bicyclic) bond motifs is 1. The third-order valence-electron chi connectivity index (χ3n) is 3.96. The lowest BCUT2D eigenvalue weighted by molar-refractivity contribution is 0.218. The fraction of sp³-hybridized carbons (Fsp3) is 0.312. The Morgan fingerprint density at radius 3 is 2.86 bits per heavy atom. The van der Waals surface area contributed by atoms with E-state index in [0.717, 1.165) is 36.0 Å². The molecule has 0 N–H and O–H groups in total. The minimum atomic E-state index is 0.521. The Morgan fingerprint density at radius 2 is 2.09 bits per heavy atom. The summed E-state index contributed by atoms with van der Waals surface area (Å²) in [6, 6.07) is 7.73. The number of anilines is 1. The van der Waals surface area contributed by atoms with E-state index in [-0.39, 0.29) is 0 Å². The molecule has 0 aliphatic carbocycles. The van der Waals surface area contributed by atoms with Gasteiger partial charge < -0.3 is 9.64 Å². The summed E-state index contributed by atoms with van der Waals surface area (Å²) < 4.78 is 7.80. The van der Waals surface area contributed by atoms with E-state index in [2.05, 4.69) is 19.9 Å². The fourth-order valence-corrected chi connectivity index (χ4v) is 2.78. The maximum atomic E-state index is 5.75. The lowest BCUT2D eigenvalue weighted by Gasteiger charge is -2.39. The van der Waals surface area contributed by atoms with Gasteiger partial charge in [-0.15, -0.1) is 0 Å². The van der Waals surface area contributed by atoms with E-state index < -0.39 is 0 Å². The largest absolute Gasteiger partial charge is 0.492 e. The van der Waals surface area contributed by atoms with Crippen LogP contribution in [0.3, 0.4) is 0 Å². The molecule has 1 fully saturated rings. The van der Waals surface area contributed by atoms with Gasteiger partial charge in [0, 0.05) is 38.4 Å². The van der Waals surface area contributed by atoms with Crippen LogP contribution in [0, 0.1) is 5.92 Å². The molecule has 6 nitrogen and oxygen atoms in total. The number of pyridine rings is 2. The molecule has 0 amide bonds. The van der Waals surface area contributed by atoms with E-state index in [0.29, 0.717) is 12.5 Å². The highest BCUT2D eigenvalue weighted by molar-refractivity contribution is 5.74. The summed E-state index contributed by atoms with van der Waals surface area (Å²) >= 11 is 0. The van der Waals surface area contributed by atoms with Gasteiger partial charge in [-0.05, 0) is 24.3 Å². The van der Waals surface area contributed by atoms with Crippen LogP contribution >= 0.6 is 0 Å². The number of hydrogen-bond donors (Lipinski definition) is 0. The van der Waals surface area contributed by atoms with Crippen LogP contribution in [0.1, 0.15) is 0 Å². The van der Waals surface area contributed by atoms with Crippen LogP contribution < -0.4 is 9.64 Å². The van der Waals surface area contributed by atoms with E-state index in [9.17, 15) is 0 Å². The summed E-state index contributed by atoms with van der Waals surface area (Å²) in [6.07, 6.45) is 5.29. The Hall–Kier alpha value is -2.63. The molecule has 0 radical (unpaired) electrons. The lowest BCUT2D eigenvalue weighted by Crippen LogP contribution is -2.50. The zero-order valence-corrected chi connectivity index (χ0v) is 12.4. The van der Waals surface area contributed by atoms with Gasteiger partial charge in [-0.2, -0.15) is 0 Å². The molecule has 1 saturated heterocycles. The molecule has 0 unspecified atom stereocenters. The molecular formula is C16H17N5O. The first-order valence-electron chi connectivity index (χ1n) is 7.36. The molecule has 112 valence electrons. The first-order chi connectivity index (χ1) is 10.8. The molecule has 0 saturated carbocycles. The van der Waals surface area contributed by atoms with Crippen LogP contribution in [0.2, 0.25) is 0 Å². The third kappa shape index (κ3) is 2.26. The van der Waals surface area contributed by atoms with Gasteiger partial charge in [0.15, 0.2) is 5.65 Å². The molecule has 4 heterocycles. The van der Waals surface area contributed by atoms with Crippen molar-refractivity contribution in [2.45, 2.75) is 0 Å². The molecule has 1 aliphatic heterocycles. The molecule has 0 spiro atoms. The van der Waals surface area contributed by atoms with Crippen molar-refractivity contribution in [1.82, 2.24) is 19.5 Å². The maximum Gasteiger partial charge on any atom is 0.207 e. The smallest absolute Gasteiger partial charge is 0.207 e. The molecule has 3 aromatic rings. The molecule has 1 aliphatic rings. The van der Waals surface area contributed by atoms with Crippen molar-refractivity contribution in [3.05, 3.63) is 42.9 Å². The standard InChI is InChI=1S/C16H17N5O/c1-20-15-14(5-3-7-18-15)19-16(20)21-9-12(10-21)11-22-13-4-2-6-17-8-13/h2-8,12H,9-11H2,1H3. The van der Waals surface area contributed by atoms with Gasteiger partial charge in [0.1, 0.15) is 11.3 Å². The zero-order chi connectivity index (χ0) is 14.9. The van der Waals surface area contributed by atoms with Crippen molar-refractivity contribution in [2.24, 2.45) is 13.0 Å². The van der Waals surface area contributed by atoms with Gasteiger partial charge in [0.2, 0.25) is 5.95 Å². The average Bonchev–Trinajstić information content (AvgIpc) is 2.84. The second-order valence-electron chi connectivity index (χ2n) is 5.59. The number of aryl methyl sites for hydroxylation is 1. The second kappa shape index (κ2) is 5.29. The molecule has 0 bridgehead atoms. The van der Waals surface area contributed by atoms with E-state index in [1.165, 1.54) is 0 Å². The lowest BCUT2D eigenvalue weighted by atomic mass is 10.0. The fourth-order valence-electron chi connectivity index (χ4n) is 2.78. The van der Waals surface area contributed by atoms with Crippen molar-refractivity contribution >= 4 is 17.1 Å². The Morgan fingerprint density at radius 1 is 1.23 bits per heavy atom. The normalized spacial score (nSPS) is 15.0. The quantitative estimate of drug-likeness (QED) is 0.735. The predicted octanol–water partition coefficient (Wildman–Crippen LogP) is 1.88. The van der Waals surface area contributed by atoms with Crippen molar-refractivity contribution in [1.29, 1.82) is 0 Å². The average molecular weight is 295 g/mol. The van der Waals surface area contributed by atoms with Crippen LogP contribution in [-0.2, 0) is 7.05 Å². The van der Waals surface area contributed by atoms with Crippen LogP contribution in [0.4, 0.5) is 5.95 Å². The Kier molecular flexibility index (Phi) is 3.14. The topological polar surface area (TPSA) is 56.1 Å². The number of nitrogens with zero attached hydrogens (tertiary/aromatic N) is 5. The Bertz CT molecular complexity index is 780. The SMILES string of the molecule is Cn1c(N2CC(COc3cccnc3)C2)nc2cccnc21. The van der Waals surface area contributed by atoms with Gasteiger partial charge in [-0.25, -0.2) is 9.97 Å². The summed E-state index contributed by atoms with van der Waals surface area (Å²) in [4.78, 5) is 15.4. The molecule has 0 atom stereocenters. The second-order valence-corrected chi connectivity index (χ2v) is 5.59. The molecule has 6 heteroatoms. The summed E-state index contributed by atoms with van der Waals surface area (Å²) in [5, 5.41) is 0. The van der Waals surface area contributed by atoms with E-state index in [1.54, 1.807) is 18.6 Å². The van der Waals surface area contributed by atoms with E-state index >= 15 is 0 Å². The van der Waals surface area contributed by atoms with Crippen LogP contribution in [0.5, 0.6) is 5.75 Å². The van der Waals surface area contributed by atoms with Crippen molar-refractivity contribution in [3.63, 3.8) is 0 Å². The first kappa shape index (κ1) is 13.1. The number of imidazole rings is 1. The Balaban J connectivity index is 1.39. The number of rotatable bonds is 4. The molecule has 4 rings (SSSR count). The van der Waals surface area contributed by atoms with Crippen LogP contribution in [0.15, 0.2) is 42.9 Å². The molecule has 3 aromatic heterocycles. The number of ether oxygens (including phenoxy) is 1. The van der Waals surface area contributed by atoms with Crippen molar-refractivity contribution in [3.8, 4) is 5.75 Å². The van der Waals surface area contributed by atoms with E-state index in [1.807, 2.05) is 35.9 Å². The van der Waals surface area contributed by atoms with Crippen LogP contribution in [0.25, 0.3) is 11.2 Å². The monoisotopic (exact) mass is 295 g/mol. The van der Waals surface area contributed by atoms with Gasteiger partial charge in [0.05, 0.1) is 12.8 Å². The van der Waals surface area contributed by atoms with Crippen molar-refractivity contribution in [2.75, 3.05) is 24.6 Å². The maximum absolute atomic E-state index is 5.75. The first-order valence-corrected chi connectivity index (χ1v) is 7.36. The van der Waals surface area contributed by atoms with Gasteiger partial charge in [-0.1, -0.05) is 0 Å². The predicted molar refractivity (Wildman–Crippen MR) is 83.9 cm³/mol.